The molecule has 18 heavy (non-hydrogen) atoms. The van der Waals surface area contributed by atoms with Gasteiger partial charge in [-0.2, -0.15) is 0 Å². The zero-order valence-electron chi connectivity index (χ0n) is 9.38. The Morgan fingerprint density at radius 2 is 1.56 bits per heavy atom. The average molecular weight is 279 g/mol. The van der Waals surface area contributed by atoms with Crippen LogP contribution in [-0.2, 0) is 0 Å². The van der Waals surface area contributed by atoms with Gasteiger partial charge in [-0.3, -0.25) is 0 Å². The molecule has 1 heterocycles. The summed E-state index contributed by atoms with van der Waals surface area (Å²) >= 11 is 7.49. The van der Waals surface area contributed by atoms with Crippen LogP contribution in [0.2, 0.25) is 5.02 Å². The molecule has 1 aliphatic heterocycles. The van der Waals surface area contributed by atoms with Gasteiger partial charge < -0.3 is 10.2 Å². The molecule has 2 aromatic carbocycles. The molecule has 0 radical (unpaired) electrons. The third kappa shape index (κ3) is 1.93. The minimum Gasteiger partial charge on any atom is -0.385 e. The van der Waals surface area contributed by atoms with Crippen molar-refractivity contribution in [2.24, 2.45) is 0 Å². The van der Waals surface area contributed by atoms with E-state index in [0.29, 0.717) is 10.6 Å². The Hall–Kier alpha value is -1.00. The van der Waals surface area contributed by atoms with Gasteiger partial charge in [-0.15, -0.1) is 0 Å². The summed E-state index contributed by atoms with van der Waals surface area (Å²) in [4.78, 5) is 1.89. The molecule has 0 fully saturated rings. The van der Waals surface area contributed by atoms with Crippen LogP contribution in [0.3, 0.4) is 0 Å². The number of fused-ring (bicyclic) bond motifs is 2. The Morgan fingerprint density at radius 1 is 0.889 bits per heavy atom. The number of rotatable bonds is 0. The fourth-order valence-electron chi connectivity index (χ4n) is 2.12. The first kappa shape index (κ1) is 12.1. The summed E-state index contributed by atoms with van der Waals surface area (Å²) in [6.07, 6.45) is -1.87. The molecular formula is C14H11ClO2S. The van der Waals surface area contributed by atoms with E-state index in [1.165, 1.54) is 0 Å². The van der Waals surface area contributed by atoms with E-state index in [9.17, 15) is 10.2 Å². The third-order valence-electron chi connectivity index (χ3n) is 3.05. The van der Waals surface area contributed by atoms with Crippen molar-refractivity contribution in [1.82, 2.24) is 0 Å². The molecule has 0 saturated heterocycles. The molecule has 4 heteroatoms. The molecular weight excluding hydrogens is 268 g/mol. The second-order valence-corrected chi connectivity index (χ2v) is 5.73. The Balaban J connectivity index is 2.20. The molecule has 0 aromatic heterocycles. The standard InChI is InChI=1S/C14H11ClO2S/c15-8-5-6-12-10(7-8)14(17)13(16)9-3-1-2-4-11(9)18-12/h1-7,13-14,16-17H/t13-,14+/m1/s1. The van der Waals surface area contributed by atoms with E-state index in [2.05, 4.69) is 0 Å². The van der Waals surface area contributed by atoms with Crippen molar-refractivity contribution in [1.29, 1.82) is 0 Å². The molecule has 0 spiro atoms. The number of hydrogen-bond acceptors (Lipinski definition) is 3. The second-order valence-electron chi connectivity index (χ2n) is 4.21. The molecule has 0 aliphatic carbocycles. The third-order valence-corrected chi connectivity index (χ3v) is 4.47. The molecule has 0 amide bonds. The van der Waals surface area contributed by atoms with Crippen LogP contribution in [0.25, 0.3) is 0 Å². The van der Waals surface area contributed by atoms with Crippen LogP contribution in [-0.4, -0.2) is 10.2 Å². The molecule has 0 saturated carbocycles. The topological polar surface area (TPSA) is 40.5 Å². The smallest absolute Gasteiger partial charge is 0.110 e. The fourth-order valence-corrected chi connectivity index (χ4v) is 3.42. The van der Waals surface area contributed by atoms with Crippen LogP contribution in [0.1, 0.15) is 23.3 Å². The molecule has 1 aliphatic rings. The minimum atomic E-state index is -0.949. The summed E-state index contributed by atoms with van der Waals surface area (Å²) in [6.45, 7) is 0. The van der Waals surface area contributed by atoms with E-state index in [4.69, 9.17) is 11.6 Å². The van der Waals surface area contributed by atoms with Crippen LogP contribution in [0.4, 0.5) is 0 Å². The molecule has 0 bridgehead atoms. The molecule has 2 nitrogen and oxygen atoms in total. The normalized spacial score (nSPS) is 21.9. The predicted octanol–water partition coefficient (Wildman–Crippen LogP) is 3.57. The van der Waals surface area contributed by atoms with Crippen LogP contribution >= 0.6 is 23.4 Å². The summed E-state index contributed by atoms with van der Waals surface area (Å²) < 4.78 is 0. The zero-order chi connectivity index (χ0) is 12.7. The Kier molecular flexibility index (Phi) is 3.08. The van der Waals surface area contributed by atoms with E-state index >= 15 is 0 Å². The molecule has 3 rings (SSSR count). The lowest BCUT2D eigenvalue weighted by atomic mass is 9.98. The molecule has 2 aromatic rings. The fraction of sp³-hybridized carbons (Fsp3) is 0.143. The van der Waals surface area contributed by atoms with Crippen molar-refractivity contribution in [2.45, 2.75) is 22.0 Å². The van der Waals surface area contributed by atoms with E-state index < -0.39 is 12.2 Å². The van der Waals surface area contributed by atoms with E-state index in [0.717, 1.165) is 15.4 Å². The SMILES string of the molecule is O[C@@H]1c2ccccc2Sc2ccc(Cl)cc2[C@@H]1O. The molecule has 92 valence electrons. The summed E-state index contributed by atoms with van der Waals surface area (Å²) in [7, 11) is 0. The van der Waals surface area contributed by atoms with Gasteiger partial charge in [0.2, 0.25) is 0 Å². The van der Waals surface area contributed by atoms with Gasteiger partial charge in [0.05, 0.1) is 0 Å². The first-order chi connectivity index (χ1) is 8.66. The van der Waals surface area contributed by atoms with Gasteiger partial charge in [0.15, 0.2) is 0 Å². The van der Waals surface area contributed by atoms with Crippen molar-refractivity contribution in [3.05, 3.63) is 58.6 Å². The lowest BCUT2D eigenvalue weighted by Gasteiger charge is -2.17. The summed E-state index contributed by atoms with van der Waals surface area (Å²) in [5.41, 5.74) is 1.43. The van der Waals surface area contributed by atoms with Gasteiger partial charge in [-0.25, -0.2) is 0 Å². The Morgan fingerprint density at radius 3 is 2.39 bits per heavy atom. The van der Waals surface area contributed by atoms with Gasteiger partial charge in [0, 0.05) is 14.8 Å². The number of aliphatic hydroxyl groups is 2. The number of hydrogen-bond donors (Lipinski definition) is 2. The predicted molar refractivity (Wildman–Crippen MR) is 71.9 cm³/mol. The van der Waals surface area contributed by atoms with Crippen LogP contribution < -0.4 is 0 Å². The highest BCUT2D eigenvalue weighted by atomic mass is 35.5. The summed E-state index contributed by atoms with van der Waals surface area (Å²) in [6, 6.07) is 12.9. The van der Waals surface area contributed by atoms with Crippen LogP contribution in [0.5, 0.6) is 0 Å². The minimum absolute atomic E-state index is 0.562. The van der Waals surface area contributed by atoms with Gasteiger partial charge >= 0.3 is 0 Å². The Bertz CT molecular complexity index is 600. The van der Waals surface area contributed by atoms with Crippen molar-refractivity contribution >= 4 is 23.4 Å². The first-order valence-electron chi connectivity index (χ1n) is 5.59. The summed E-state index contributed by atoms with van der Waals surface area (Å²) in [5, 5.41) is 21.1. The van der Waals surface area contributed by atoms with Gasteiger partial charge in [0.1, 0.15) is 12.2 Å². The van der Waals surface area contributed by atoms with Gasteiger partial charge in [-0.05, 0) is 35.4 Å². The highest BCUT2D eigenvalue weighted by Gasteiger charge is 2.28. The lowest BCUT2D eigenvalue weighted by molar-refractivity contribution is 0.0148. The maximum Gasteiger partial charge on any atom is 0.110 e. The van der Waals surface area contributed by atoms with Crippen molar-refractivity contribution in [2.75, 3.05) is 0 Å². The monoisotopic (exact) mass is 278 g/mol. The van der Waals surface area contributed by atoms with Gasteiger partial charge in [-0.1, -0.05) is 41.6 Å². The highest BCUT2D eigenvalue weighted by molar-refractivity contribution is 7.99. The Labute approximate surface area is 114 Å². The quantitative estimate of drug-likeness (QED) is 0.774. The molecule has 0 unspecified atom stereocenters. The van der Waals surface area contributed by atoms with Crippen molar-refractivity contribution in [3.63, 3.8) is 0 Å². The number of halogens is 1. The molecule has 2 N–H and O–H groups in total. The van der Waals surface area contributed by atoms with Gasteiger partial charge in [0.25, 0.3) is 0 Å². The van der Waals surface area contributed by atoms with Crippen molar-refractivity contribution in [3.8, 4) is 0 Å². The largest absolute Gasteiger partial charge is 0.385 e. The lowest BCUT2D eigenvalue weighted by Crippen LogP contribution is -2.09. The zero-order valence-corrected chi connectivity index (χ0v) is 10.9. The maximum atomic E-state index is 10.3. The second kappa shape index (κ2) is 4.59. The van der Waals surface area contributed by atoms with Crippen molar-refractivity contribution < 1.29 is 10.2 Å². The van der Waals surface area contributed by atoms with Crippen LogP contribution in [0.15, 0.2) is 52.3 Å². The van der Waals surface area contributed by atoms with Crippen LogP contribution in [0, 0.1) is 0 Å². The number of benzene rings is 2. The number of aliphatic hydroxyl groups excluding tert-OH is 2. The maximum absolute atomic E-state index is 10.3. The highest BCUT2D eigenvalue weighted by Crippen LogP contribution is 2.45. The van der Waals surface area contributed by atoms with E-state index in [-0.39, 0.29) is 0 Å². The molecule has 2 atom stereocenters. The average Bonchev–Trinajstić information content (AvgIpc) is 2.48. The van der Waals surface area contributed by atoms with E-state index in [1.54, 1.807) is 23.9 Å². The first-order valence-corrected chi connectivity index (χ1v) is 6.78. The summed E-state index contributed by atoms with van der Waals surface area (Å²) in [5.74, 6) is 0. The van der Waals surface area contributed by atoms with E-state index in [1.807, 2.05) is 30.3 Å².